The van der Waals surface area contributed by atoms with Gasteiger partial charge in [-0.25, -0.2) is 0 Å². The van der Waals surface area contributed by atoms with E-state index in [4.69, 9.17) is 4.74 Å². The van der Waals surface area contributed by atoms with Crippen LogP contribution in [-0.2, 0) is 4.74 Å². The first kappa shape index (κ1) is 12.0. The van der Waals surface area contributed by atoms with Gasteiger partial charge in [-0.3, -0.25) is 4.79 Å². The number of nitrogens with zero attached hydrogens (tertiary/aromatic N) is 2. The molecule has 1 aromatic rings. The van der Waals surface area contributed by atoms with Gasteiger partial charge >= 0.3 is 0 Å². The number of hydrogen-bond donors (Lipinski definition) is 2. The minimum atomic E-state index is -0.552. The number of nitrogens with one attached hydrogen (secondary N) is 1. The van der Waals surface area contributed by atoms with Crippen LogP contribution >= 0.6 is 11.7 Å². The van der Waals surface area contributed by atoms with Gasteiger partial charge in [0.2, 0.25) is 0 Å². The van der Waals surface area contributed by atoms with E-state index in [1.165, 1.54) is 13.3 Å². The molecular weight excluding hydrogens is 218 g/mol. The van der Waals surface area contributed by atoms with Crippen LogP contribution in [0.4, 0.5) is 0 Å². The van der Waals surface area contributed by atoms with Crippen LogP contribution in [0.5, 0.6) is 0 Å². The zero-order valence-electron chi connectivity index (χ0n) is 8.34. The standard InChI is InChI=1S/C8H13N3O3S/c1-14-5-6(12)2-3-9-8(13)7-4-10-15-11-7/h4,6,12H,2-3,5H2,1H3,(H,9,13). The van der Waals surface area contributed by atoms with Gasteiger partial charge in [0.15, 0.2) is 5.69 Å². The number of carbonyl (C=O) groups is 1. The van der Waals surface area contributed by atoms with Crippen LogP contribution < -0.4 is 5.32 Å². The summed E-state index contributed by atoms with van der Waals surface area (Å²) in [4.78, 5) is 11.3. The van der Waals surface area contributed by atoms with E-state index in [1.807, 2.05) is 0 Å². The van der Waals surface area contributed by atoms with Crippen molar-refractivity contribution in [1.29, 1.82) is 0 Å². The second-order valence-corrected chi connectivity index (χ2v) is 3.50. The fourth-order valence-corrected chi connectivity index (χ4v) is 1.40. The van der Waals surface area contributed by atoms with E-state index >= 15 is 0 Å². The molecule has 1 heterocycles. The van der Waals surface area contributed by atoms with Gasteiger partial charge < -0.3 is 15.2 Å². The lowest BCUT2D eigenvalue weighted by Gasteiger charge is -2.09. The van der Waals surface area contributed by atoms with Crippen molar-refractivity contribution < 1.29 is 14.6 Å². The monoisotopic (exact) mass is 231 g/mol. The summed E-state index contributed by atoms with van der Waals surface area (Å²) in [6.07, 6.45) is 1.31. The summed E-state index contributed by atoms with van der Waals surface area (Å²) in [5.74, 6) is -0.270. The summed E-state index contributed by atoms with van der Waals surface area (Å²) < 4.78 is 12.2. The Morgan fingerprint density at radius 1 is 1.80 bits per heavy atom. The third-order valence-electron chi connectivity index (χ3n) is 1.72. The molecule has 1 atom stereocenters. The van der Waals surface area contributed by atoms with Crippen LogP contribution in [0.25, 0.3) is 0 Å². The maximum atomic E-state index is 11.3. The first-order chi connectivity index (χ1) is 7.24. The number of methoxy groups -OCH3 is 1. The predicted octanol–water partition coefficient (Wildman–Crippen LogP) is -0.335. The van der Waals surface area contributed by atoms with Crippen molar-refractivity contribution >= 4 is 17.6 Å². The van der Waals surface area contributed by atoms with E-state index < -0.39 is 6.10 Å². The maximum Gasteiger partial charge on any atom is 0.272 e. The minimum Gasteiger partial charge on any atom is -0.391 e. The molecule has 0 aliphatic heterocycles. The molecule has 7 heteroatoms. The van der Waals surface area contributed by atoms with Crippen molar-refractivity contribution in [3.05, 3.63) is 11.9 Å². The first-order valence-electron chi connectivity index (χ1n) is 4.46. The van der Waals surface area contributed by atoms with Crippen LogP contribution in [0.15, 0.2) is 6.20 Å². The van der Waals surface area contributed by atoms with Gasteiger partial charge in [-0.15, -0.1) is 0 Å². The van der Waals surface area contributed by atoms with Crippen molar-refractivity contribution in [1.82, 2.24) is 14.1 Å². The van der Waals surface area contributed by atoms with Gasteiger partial charge in [0.05, 0.1) is 30.6 Å². The molecule has 1 amide bonds. The number of ether oxygens (including phenoxy) is 1. The van der Waals surface area contributed by atoms with E-state index in [9.17, 15) is 9.90 Å². The van der Waals surface area contributed by atoms with E-state index in [2.05, 4.69) is 14.1 Å². The summed E-state index contributed by atoms with van der Waals surface area (Å²) in [5.41, 5.74) is 0.307. The highest BCUT2D eigenvalue weighted by atomic mass is 32.1. The van der Waals surface area contributed by atoms with Gasteiger partial charge in [0, 0.05) is 13.7 Å². The molecule has 2 N–H and O–H groups in total. The summed E-state index contributed by atoms with van der Waals surface area (Å²) in [6, 6.07) is 0. The number of hydrogen-bond acceptors (Lipinski definition) is 6. The number of aliphatic hydroxyl groups is 1. The molecule has 0 bridgehead atoms. The molecule has 84 valence electrons. The zero-order valence-corrected chi connectivity index (χ0v) is 9.16. The lowest BCUT2D eigenvalue weighted by molar-refractivity contribution is 0.0587. The summed E-state index contributed by atoms with van der Waals surface area (Å²) in [5, 5.41) is 11.9. The average Bonchev–Trinajstić information content (AvgIpc) is 2.70. The molecule has 1 rings (SSSR count). The Morgan fingerprint density at radius 3 is 3.20 bits per heavy atom. The lowest BCUT2D eigenvalue weighted by atomic mass is 10.2. The second kappa shape index (κ2) is 6.44. The molecule has 0 aliphatic rings. The van der Waals surface area contributed by atoms with Crippen molar-refractivity contribution in [3.8, 4) is 0 Å². The fraction of sp³-hybridized carbons (Fsp3) is 0.625. The smallest absolute Gasteiger partial charge is 0.272 e. The van der Waals surface area contributed by atoms with Gasteiger partial charge in [0.25, 0.3) is 5.91 Å². The number of rotatable bonds is 6. The molecule has 6 nitrogen and oxygen atoms in total. The van der Waals surface area contributed by atoms with Gasteiger partial charge in [-0.05, 0) is 6.42 Å². The Bertz CT molecular complexity index is 291. The van der Waals surface area contributed by atoms with Crippen molar-refractivity contribution in [2.75, 3.05) is 20.3 Å². The number of aromatic nitrogens is 2. The quantitative estimate of drug-likeness (QED) is 0.700. The molecule has 1 unspecified atom stereocenters. The zero-order chi connectivity index (χ0) is 11.1. The van der Waals surface area contributed by atoms with Crippen molar-refractivity contribution in [2.24, 2.45) is 0 Å². The van der Waals surface area contributed by atoms with Crippen LogP contribution in [0, 0.1) is 0 Å². The Kier molecular flexibility index (Phi) is 5.16. The van der Waals surface area contributed by atoms with Crippen LogP contribution in [0.1, 0.15) is 16.9 Å². The summed E-state index contributed by atoms with van der Waals surface area (Å²) >= 11 is 0.986. The first-order valence-corrected chi connectivity index (χ1v) is 5.20. The molecular formula is C8H13N3O3S. The third-order valence-corrected chi connectivity index (χ3v) is 2.19. The van der Waals surface area contributed by atoms with Crippen LogP contribution in [0.2, 0.25) is 0 Å². The van der Waals surface area contributed by atoms with Crippen LogP contribution in [-0.4, -0.2) is 46.1 Å². The molecule has 0 aromatic carbocycles. The second-order valence-electron chi connectivity index (χ2n) is 2.95. The van der Waals surface area contributed by atoms with Gasteiger partial charge in [-0.1, -0.05) is 0 Å². The molecule has 15 heavy (non-hydrogen) atoms. The number of amides is 1. The van der Waals surface area contributed by atoms with Crippen molar-refractivity contribution in [3.63, 3.8) is 0 Å². The van der Waals surface area contributed by atoms with Crippen LogP contribution in [0.3, 0.4) is 0 Å². The Morgan fingerprint density at radius 2 is 2.60 bits per heavy atom. The number of aliphatic hydroxyl groups excluding tert-OH is 1. The minimum absolute atomic E-state index is 0.270. The topological polar surface area (TPSA) is 84.3 Å². The lowest BCUT2D eigenvalue weighted by Crippen LogP contribution is -2.28. The summed E-state index contributed by atoms with van der Waals surface area (Å²) in [6.45, 7) is 0.662. The molecule has 0 saturated heterocycles. The average molecular weight is 231 g/mol. The molecule has 1 aromatic heterocycles. The maximum absolute atomic E-state index is 11.3. The molecule has 0 fully saturated rings. The van der Waals surface area contributed by atoms with E-state index in [0.29, 0.717) is 18.7 Å². The van der Waals surface area contributed by atoms with Crippen molar-refractivity contribution in [2.45, 2.75) is 12.5 Å². The Labute approximate surface area is 91.6 Å². The third kappa shape index (κ3) is 4.32. The molecule has 0 radical (unpaired) electrons. The molecule has 0 spiro atoms. The predicted molar refractivity (Wildman–Crippen MR) is 54.7 cm³/mol. The molecule has 0 saturated carbocycles. The highest BCUT2D eigenvalue weighted by Crippen LogP contribution is 1.95. The SMILES string of the molecule is COCC(O)CCNC(=O)c1cnsn1. The fourth-order valence-electron chi connectivity index (χ4n) is 0.983. The Hall–Kier alpha value is -1.05. The van der Waals surface area contributed by atoms with E-state index in [1.54, 1.807) is 0 Å². The highest BCUT2D eigenvalue weighted by Gasteiger charge is 2.09. The molecule has 0 aliphatic carbocycles. The summed E-state index contributed by atoms with van der Waals surface area (Å²) in [7, 11) is 1.52. The number of carbonyl (C=O) groups excluding carboxylic acids is 1. The van der Waals surface area contributed by atoms with Gasteiger partial charge in [-0.2, -0.15) is 8.75 Å². The van der Waals surface area contributed by atoms with E-state index in [0.717, 1.165) is 11.7 Å². The largest absolute Gasteiger partial charge is 0.391 e. The highest BCUT2D eigenvalue weighted by molar-refractivity contribution is 6.99. The van der Waals surface area contributed by atoms with E-state index in [-0.39, 0.29) is 12.5 Å². The Balaban J connectivity index is 2.18. The van der Waals surface area contributed by atoms with Gasteiger partial charge in [0.1, 0.15) is 0 Å². The normalized spacial score (nSPS) is 12.4.